The predicted molar refractivity (Wildman–Crippen MR) is 62.6 cm³/mol. The summed E-state index contributed by atoms with van der Waals surface area (Å²) in [7, 11) is 0. The van der Waals surface area contributed by atoms with E-state index in [1.807, 2.05) is 0 Å². The van der Waals surface area contributed by atoms with Gasteiger partial charge in [-0.05, 0) is 24.3 Å². The van der Waals surface area contributed by atoms with Crippen LogP contribution in [0.4, 0.5) is 13.2 Å². The maximum Gasteiger partial charge on any atom is 0.416 e. The average Bonchev–Trinajstić information content (AvgIpc) is 2.35. The van der Waals surface area contributed by atoms with Crippen molar-refractivity contribution in [2.45, 2.75) is 6.18 Å². The Morgan fingerprint density at radius 2 is 1.38 bits per heavy atom. The third kappa shape index (κ3) is 4.79. The van der Waals surface area contributed by atoms with Gasteiger partial charge >= 0.3 is 18.1 Å². The second kappa shape index (κ2) is 6.25. The number of carboxylic acids is 2. The number of benzene rings is 1. The summed E-state index contributed by atoms with van der Waals surface area (Å²) in [4.78, 5) is 33.6. The molecule has 9 heteroatoms. The zero-order valence-corrected chi connectivity index (χ0v) is 10.4. The van der Waals surface area contributed by atoms with E-state index in [0.717, 1.165) is 12.1 Å². The van der Waals surface area contributed by atoms with Crippen LogP contribution in [-0.4, -0.2) is 46.0 Å². The molecule has 0 saturated carbocycles. The Kier molecular flexibility index (Phi) is 4.90. The van der Waals surface area contributed by atoms with Gasteiger partial charge in [0, 0.05) is 5.56 Å². The van der Waals surface area contributed by atoms with Crippen LogP contribution in [0.3, 0.4) is 0 Å². The largest absolute Gasteiger partial charge is 0.480 e. The first-order valence-electron chi connectivity index (χ1n) is 5.51. The number of amides is 1. The van der Waals surface area contributed by atoms with Gasteiger partial charge in [0.1, 0.15) is 13.1 Å². The van der Waals surface area contributed by atoms with Gasteiger partial charge in [0.15, 0.2) is 0 Å². The fraction of sp³-hybridized carbons (Fsp3) is 0.250. The van der Waals surface area contributed by atoms with Crippen LogP contribution in [-0.2, 0) is 15.8 Å². The van der Waals surface area contributed by atoms with E-state index in [-0.39, 0.29) is 5.56 Å². The second-order valence-corrected chi connectivity index (χ2v) is 4.02. The molecule has 0 aromatic heterocycles. The molecule has 0 aliphatic rings. The summed E-state index contributed by atoms with van der Waals surface area (Å²) in [6.45, 7) is -1.74. The number of alkyl halides is 3. The minimum absolute atomic E-state index is 0.231. The van der Waals surface area contributed by atoms with Crippen molar-refractivity contribution >= 4 is 17.8 Å². The minimum atomic E-state index is -4.57. The summed E-state index contributed by atoms with van der Waals surface area (Å²) < 4.78 is 37.1. The summed E-state index contributed by atoms with van der Waals surface area (Å²) in [5, 5.41) is 17.2. The molecule has 0 spiro atoms. The molecule has 1 aromatic carbocycles. The number of hydrogen-bond donors (Lipinski definition) is 2. The summed E-state index contributed by atoms with van der Waals surface area (Å²) in [5.74, 6) is -3.85. The van der Waals surface area contributed by atoms with E-state index >= 15 is 0 Å². The Balaban J connectivity index is 2.98. The quantitative estimate of drug-likeness (QED) is 0.855. The molecular weight excluding hydrogens is 295 g/mol. The molecule has 0 aliphatic heterocycles. The molecule has 1 amide bonds. The van der Waals surface area contributed by atoms with E-state index in [0.29, 0.717) is 17.0 Å². The third-order valence-electron chi connectivity index (χ3n) is 2.40. The molecule has 0 aliphatic carbocycles. The van der Waals surface area contributed by atoms with E-state index in [1.165, 1.54) is 0 Å². The number of rotatable bonds is 5. The molecule has 0 atom stereocenters. The van der Waals surface area contributed by atoms with Gasteiger partial charge in [-0.25, -0.2) is 0 Å². The summed E-state index contributed by atoms with van der Waals surface area (Å²) in [6, 6.07) is 3.05. The van der Waals surface area contributed by atoms with Gasteiger partial charge in [-0.1, -0.05) is 0 Å². The van der Waals surface area contributed by atoms with Crippen LogP contribution in [0.1, 0.15) is 15.9 Å². The van der Waals surface area contributed by atoms with Gasteiger partial charge in [0.2, 0.25) is 0 Å². The Bertz CT molecular complexity index is 537. The first-order chi connectivity index (χ1) is 9.61. The topological polar surface area (TPSA) is 94.9 Å². The highest BCUT2D eigenvalue weighted by molar-refractivity contribution is 5.97. The molecule has 21 heavy (non-hydrogen) atoms. The Labute approximate surface area is 116 Å². The van der Waals surface area contributed by atoms with Gasteiger partial charge in [-0.3, -0.25) is 14.4 Å². The molecular formula is C12H10F3NO5. The second-order valence-electron chi connectivity index (χ2n) is 4.02. The lowest BCUT2D eigenvalue weighted by Gasteiger charge is -2.18. The number of hydrogen-bond acceptors (Lipinski definition) is 3. The number of nitrogens with zero attached hydrogens (tertiary/aromatic N) is 1. The molecule has 0 saturated heterocycles. The normalized spacial score (nSPS) is 11.0. The highest BCUT2D eigenvalue weighted by atomic mass is 19.4. The van der Waals surface area contributed by atoms with Crippen LogP contribution in [0, 0.1) is 0 Å². The van der Waals surface area contributed by atoms with E-state index in [1.54, 1.807) is 0 Å². The monoisotopic (exact) mass is 305 g/mol. The van der Waals surface area contributed by atoms with Crippen molar-refractivity contribution in [3.8, 4) is 0 Å². The molecule has 0 bridgehead atoms. The molecule has 2 N–H and O–H groups in total. The fourth-order valence-electron chi connectivity index (χ4n) is 1.51. The highest BCUT2D eigenvalue weighted by Gasteiger charge is 2.30. The van der Waals surface area contributed by atoms with Crippen LogP contribution < -0.4 is 0 Å². The van der Waals surface area contributed by atoms with Crippen molar-refractivity contribution in [1.29, 1.82) is 0 Å². The van der Waals surface area contributed by atoms with Crippen LogP contribution in [0.5, 0.6) is 0 Å². The smallest absolute Gasteiger partial charge is 0.416 e. The maximum absolute atomic E-state index is 12.4. The molecule has 0 fully saturated rings. The molecule has 1 aromatic rings. The first-order valence-corrected chi connectivity index (χ1v) is 5.51. The van der Waals surface area contributed by atoms with Gasteiger partial charge in [-0.15, -0.1) is 0 Å². The average molecular weight is 305 g/mol. The lowest BCUT2D eigenvalue weighted by molar-refractivity contribution is -0.141. The number of aliphatic carboxylic acids is 2. The minimum Gasteiger partial charge on any atom is -0.480 e. The molecule has 0 radical (unpaired) electrons. The van der Waals surface area contributed by atoms with Crippen molar-refractivity contribution in [3.05, 3.63) is 35.4 Å². The lowest BCUT2D eigenvalue weighted by atomic mass is 10.1. The van der Waals surface area contributed by atoms with Crippen LogP contribution in [0.2, 0.25) is 0 Å². The van der Waals surface area contributed by atoms with Crippen LogP contribution >= 0.6 is 0 Å². The standard InChI is InChI=1S/C12H10F3NO5/c13-12(14,15)8-3-1-7(2-4-8)11(21)16(5-9(17)18)6-10(19)20/h1-4H,5-6H2,(H,17,18)(H,19,20). The van der Waals surface area contributed by atoms with Crippen molar-refractivity contribution in [3.63, 3.8) is 0 Å². The van der Waals surface area contributed by atoms with Crippen LogP contribution in [0.25, 0.3) is 0 Å². The number of halogens is 3. The fourth-order valence-corrected chi connectivity index (χ4v) is 1.51. The van der Waals surface area contributed by atoms with Crippen molar-refractivity contribution in [1.82, 2.24) is 4.90 Å². The summed E-state index contributed by atoms with van der Waals surface area (Å²) in [6.07, 6.45) is -4.57. The van der Waals surface area contributed by atoms with Crippen molar-refractivity contribution < 1.29 is 37.8 Å². The summed E-state index contributed by atoms with van der Waals surface area (Å²) >= 11 is 0. The zero-order chi connectivity index (χ0) is 16.2. The maximum atomic E-state index is 12.4. The summed E-state index contributed by atoms with van der Waals surface area (Å²) in [5.41, 5.74) is -1.20. The van der Waals surface area contributed by atoms with Gasteiger partial charge in [0.25, 0.3) is 5.91 Å². The Morgan fingerprint density at radius 3 is 1.71 bits per heavy atom. The molecule has 0 heterocycles. The predicted octanol–water partition coefficient (Wildman–Crippen LogP) is 1.32. The number of carboxylic acid groups (broad SMARTS) is 2. The molecule has 0 unspecified atom stereocenters. The van der Waals surface area contributed by atoms with Crippen molar-refractivity contribution in [2.75, 3.05) is 13.1 Å². The Hall–Kier alpha value is -2.58. The lowest BCUT2D eigenvalue weighted by Crippen LogP contribution is -2.39. The van der Waals surface area contributed by atoms with E-state index in [9.17, 15) is 27.6 Å². The van der Waals surface area contributed by atoms with E-state index in [4.69, 9.17) is 10.2 Å². The van der Waals surface area contributed by atoms with Gasteiger partial charge < -0.3 is 15.1 Å². The molecule has 114 valence electrons. The number of carbonyl (C=O) groups is 3. The third-order valence-corrected chi connectivity index (χ3v) is 2.40. The zero-order valence-electron chi connectivity index (χ0n) is 10.4. The highest BCUT2D eigenvalue weighted by Crippen LogP contribution is 2.29. The van der Waals surface area contributed by atoms with E-state index in [2.05, 4.69) is 0 Å². The number of carbonyl (C=O) groups excluding carboxylic acids is 1. The van der Waals surface area contributed by atoms with Crippen LogP contribution in [0.15, 0.2) is 24.3 Å². The first kappa shape index (κ1) is 16.5. The van der Waals surface area contributed by atoms with Gasteiger partial charge in [-0.2, -0.15) is 13.2 Å². The molecule has 6 nitrogen and oxygen atoms in total. The Morgan fingerprint density at radius 1 is 0.952 bits per heavy atom. The van der Waals surface area contributed by atoms with Crippen molar-refractivity contribution in [2.24, 2.45) is 0 Å². The van der Waals surface area contributed by atoms with Gasteiger partial charge in [0.05, 0.1) is 5.56 Å². The van der Waals surface area contributed by atoms with E-state index < -0.39 is 42.7 Å². The molecule has 1 rings (SSSR count). The SMILES string of the molecule is O=C(O)CN(CC(=O)O)C(=O)c1ccc(C(F)(F)F)cc1.